The van der Waals surface area contributed by atoms with Gasteiger partial charge in [-0.25, -0.2) is 0 Å². The summed E-state index contributed by atoms with van der Waals surface area (Å²) in [4.78, 5) is 0. The molecule has 0 amide bonds. The molecule has 0 radical (unpaired) electrons. The van der Waals surface area contributed by atoms with E-state index in [1.165, 1.54) is 6.07 Å². The summed E-state index contributed by atoms with van der Waals surface area (Å²) in [6.07, 6.45) is -1.54. The fraction of sp³-hybridized carbons (Fsp3) is 0.625. The molecule has 0 bridgehead atoms. The van der Waals surface area contributed by atoms with E-state index in [0.29, 0.717) is 28.9 Å². The topological polar surface area (TPSA) is 12.0 Å². The first-order chi connectivity index (χ1) is 9.79. The van der Waals surface area contributed by atoms with Gasteiger partial charge in [-0.1, -0.05) is 55.6 Å². The quantitative estimate of drug-likeness (QED) is 0.629. The first-order valence-corrected chi connectivity index (χ1v) is 8.18. The zero-order valence-electron chi connectivity index (χ0n) is 12.7. The molecule has 0 aliphatic rings. The van der Waals surface area contributed by atoms with Crippen molar-refractivity contribution in [3.63, 3.8) is 0 Å². The summed E-state index contributed by atoms with van der Waals surface area (Å²) >= 11 is 3.13. The maximum Gasteiger partial charge on any atom is 0.416 e. The van der Waals surface area contributed by atoms with E-state index in [9.17, 15) is 13.2 Å². The van der Waals surface area contributed by atoms with Crippen LogP contribution < -0.4 is 5.32 Å². The number of rotatable bonds is 7. The van der Waals surface area contributed by atoms with Crippen LogP contribution in [-0.4, -0.2) is 6.54 Å². The second-order valence-corrected chi connectivity index (χ2v) is 6.38. The van der Waals surface area contributed by atoms with Crippen molar-refractivity contribution >= 4 is 15.9 Å². The van der Waals surface area contributed by atoms with Crippen LogP contribution in [0.1, 0.15) is 57.2 Å². The van der Waals surface area contributed by atoms with Crippen molar-refractivity contribution in [1.29, 1.82) is 0 Å². The Labute approximate surface area is 133 Å². The van der Waals surface area contributed by atoms with Crippen molar-refractivity contribution in [2.45, 2.75) is 52.3 Å². The predicted molar refractivity (Wildman–Crippen MR) is 84.3 cm³/mol. The molecule has 2 unspecified atom stereocenters. The van der Waals surface area contributed by atoms with E-state index in [1.807, 2.05) is 6.92 Å². The minimum Gasteiger partial charge on any atom is -0.310 e. The highest BCUT2D eigenvalue weighted by atomic mass is 79.9. The van der Waals surface area contributed by atoms with Crippen molar-refractivity contribution in [1.82, 2.24) is 5.32 Å². The van der Waals surface area contributed by atoms with Gasteiger partial charge in [0.25, 0.3) is 0 Å². The van der Waals surface area contributed by atoms with Crippen LogP contribution in [0.4, 0.5) is 13.2 Å². The molecule has 1 N–H and O–H groups in total. The monoisotopic (exact) mass is 365 g/mol. The minimum absolute atomic E-state index is 0.263. The second-order valence-electron chi connectivity index (χ2n) is 5.47. The summed E-state index contributed by atoms with van der Waals surface area (Å²) in [5, 5.41) is 3.20. The number of hydrogen-bond acceptors (Lipinski definition) is 1. The SMILES string of the molecule is CCCC(C)CC(NCC)c1ccc(Br)cc1C(F)(F)F. The zero-order chi connectivity index (χ0) is 16.0. The fourth-order valence-electron chi connectivity index (χ4n) is 2.66. The van der Waals surface area contributed by atoms with Crippen LogP contribution >= 0.6 is 15.9 Å². The van der Waals surface area contributed by atoms with Gasteiger partial charge in [0.1, 0.15) is 0 Å². The normalized spacial score (nSPS) is 15.0. The highest BCUT2D eigenvalue weighted by molar-refractivity contribution is 9.10. The van der Waals surface area contributed by atoms with Crippen LogP contribution in [-0.2, 0) is 6.18 Å². The number of halogens is 4. The van der Waals surface area contributed by atoms with Gasteiger partial charge in [-0.15, -0.1) is 0 Å². The van der Waals surface area contributed by atoms with Gasteiger partial charge in [0, 0.05) is 10.5 Å². The van der Waals surface area contributed by atoms with E-state index in [2.05, 4.69) is 35.1 Å². The molecule has 0 fully saturated rings. The van der Waals surface area contributed by atoms with Crippen LogP contribution in [0.25, 0.3) is 0 Å². The molecule has 0 aliphatic carbocycles. The van der Waals surface area contributed by atoms with Gasteiger partial charge in [-0.05, 0) is 36.6 Å². The van der Waals surface area contributed by atoms with Crippen molar-refractivity contribution < 1.29 is 13.2 Å². The molecule has 2 atom stereocenters. The van der Waals surface area contributed by atoms with Crippen LogP contribution in [0.3, 0.4) is 0 Å². The Morgan fingerprint density at radius 3 is 2.43 bits per heavy atom. The molecule has 21 heavy (non-hydrogen) atoms. The summed E-state index contributed by atoms with van der Waals surface area (Å²) in [6, 6.07) is 4.17. The number of nitrogens with one attached hydrogen (secondary N) is 1. The van der Waals surface area contributed by atoms with Crippen molar-refractivity contribution in [2.24, 2.45) is 5.92 Å². The average molecular weight is 366 g/mol. The lowest BCUT2D eigenvalue weighted by Crippen LogP contribution is -2.25. The van der Waals surface area contributed by atoms with E-state index >= 15 is 0 Å². The van der Waals surface area contributed by atoms with Gasteiger partial charge in [0.15, 0.2) is 0 Å². The molecule has 120 valence electrons. The Bertz CT molecular complexity index is 446. The van der Waals surface area contributed by atoms with Crippen molar-refractivity contribution in [3.05, 3.63) is 33.8 Å². The zero-order valence-corrected chi connectivity index (χ0v) is 14.3. The third kappa shape index (κ3) is 5.62. The van der Waals surface area contributed by atoms with E-state index < -0.39 is 11.7 Å². The molecule has 0 spiro atoms. The molecule has 5 heteroatoms. The number of benzene rings is 1. The molecular weight excluding hydrogens is 343 g/mol. The smallest absolute Gasteiger partial charge is 0.310 e. The van der Waals surface area contributed by atoms with Gasteiger partial charge in [-0.3, -0.25) is 0 Å². The van der Waals surface area contributed by atoms with Crippen LogP contribution in [0.5, 0.6) is 0 Å². The average Bonchev–Trinajstić information content (AvgIpc) is 2.37. The van der Waals surface area contributed by atoms with Gasteiger partial charge < -0.3 is 5.32 Å². The molecule has 1 aromatic carbocycles. The summed E-state index contributed by atoms with van der Waals surface area (Å²) in [5.74, 6) is 0.392. The summed E-state index contributed by atoms with van der Waals surface area (Å²) in [6.45, 7) is 6.76. The molecule has 1 rings (SSSR count). The standard InChI is InChI=1S/C16H23BrF3N/c1-4-6-11(3)9-15(21-5-2)13-8-7-12(17)10-14(13)16(18,19)20/h7-8,10-11,15,21H,4-6,9H2,1-3H3. The van der Waals surface area contributed by atoms with Crippen LogP contribution in [0.15, 0.2) is 22.7 Å². The van der Waals surface area contributed by atoms with Gasteiger partial charge in [0.05, 0.1) is 5.56 Å². The third-order valence-corrected chi connectivity index (χ3v) is 4.06. The molecule has 0 saturated carbocycles. The highest BCUT2D eigenvalue weighted by Crippen LogP contribution is 2.38. The summed E-state index contributed by atoms with van der Waals surface area (Å²) in [7, 11) is 0. The van der Waals surface area contributed by atoms with E-state index in [0.717, 1.165) is 12.8 Å². The lowest BCUT2D eigenvalue weighted by molar-refractivity contribution is -0.138. The molecule has 0 aliphatic heterocycles. The molecular formula is C16H23BrF3N. The molecule has 1 nitrogen and oxygen atoms in total. The minimum atomic E-state index is -4.33. The highest BCUT2D eigenvalue weighted by Gasteiger charge is 2.35. The summed E-state index contributed by atoms with van der Waals surface area (Å²) < 4.78 is 40.3. The molecule has 1 aromatic rings. The maximum atomic E-state index is 13.3. The van der Waals surface area contributed by atoms with E-state index in [1.54, 1.807) is 12.1 Å². The largest absolute Gasteiger partial charge is 0.416 e. The number of alkyl halides is 3. The third-order valence-electron chi connectivity index (χ3n) is 3.57. The number of hydrogen-bond donors (Lipinski definition) is 1. The Morgan fingerprint density at radius 1 is 1.24 bits per heavy atom. The first kappa shape index (κ1) is 18.5. The Hall–Kier alpha value is -0.550. The lowest BCUT2D eigenvalue weighted by atomic mass is 9.90. The van der Waals surface area contributed by atoms with Crippen LogP contribution in [0, 0.1) is 5.92 Å². The van der Waals surface area contributed by atoms with E-state index in [-0.39, 0.29) is 6.04 Å². The maximum absolute atomic E-state index is 13.3. The van der Waals surface area contributed by atoms with Crippen LogP contribution in [0.2, 0.25) is 0 Å². The molecule has 0 heterocycles. The Morgan fingerprint density at radius 2 is 1.90 bits per heavy atom. The second kappa shape index (κ2) is 8.18. The van der Waals surface area contributed by atoms with E-state index in [4.69, 9.17) is 0 Å². The van der Waals surface area contributed by atoms with Gasteiger partial charge >= 0.3 is 6.18 Å². The fourth-order valence-corrected chi connectivity index (χ4v) is 3.02. The summed E-state index contributed by atoms with van der Waals surface area (Å²) in [5.41, 5.74) is -0.206. The van der Waals surface area contributed by atoms with Gasteiger partial charge in [0.2, 0.25) is 0 Å². The van der Waals surface area contributed by atoms with Crippen molar-refractivity contribution in [3.8, 4) is 0 Å². The Balaban J connectivity index is 3.12. The van der Waals surface area contributed by atoms with Crippen molar-refractivity contribution in [2.75, 3.05) is 6.54 Å². The first-order valence-electron chi connectivity index (χ1n) is 7.39. The Kier molecular flexibility index (Phi) is 7.21. The molecule has 0 saturated heterocycles. The molecule has 0 aromatic heterocycles. The lowest BCUT2D eigenvalue weighted by Gasteiger charge is -2.25. The predicted octanol–water partition coefficient (Wildman–Crippen LogP) is 5.94. The van der Waals surface area contributed by atoms with Gasteiger partial charge in [-0.2, -0.15) is 13.2 Å².